The van der Waals surface area contributed by atoms with E-state index < -0.39 is 20.0 Å². The van der Waals surface area contributed by atoms with Crippen LogP contribution >= 0.6 is 0 Å². The van der Waals surface area contributed by atoms with Crippen LogP contribution in [0.15, 0.2) is 0 Å². The fourth-order valence-electron chi connectivity index (χ4n) is 2.36. The predicted octanol–water partition coefficient (Wildman–Crippen LogP) is 1.68. The fraction of sp³-hybridized carbons (Fsp3) is 0.923. The van der Waals surface area contributed by atoms with E-state index in [1.807, 2.05) is 6.92 Å². The number of sulfone groups is 1. The molecule has 1 aliphatic carbocycles. The molecule has 1 saturated carbocycles. The minimum atomic E-state index is -3.23. The lowest BCUT2D eigenvalue weighted by Gasteiger charge is -2.28. The van der Waals surface area contributed by atoms with E-state index >= 15 is 0 Å². The number of hydrogen-bond donors (Lipinski definition) is 1. The van der Waals surface area contributed by atoms with E-state index in [-0.39, 0.29) is 24.0 Å². The van der Waals surface area contributed by atoms with Crippen molar-refractivity contribution in [3.05, 3.63) is 0 Å². The standard InChI is InChI=1S/C13H25NO3S/c1-12(2,3)18(16,17)9-7-11(15)13(4)8-5-6-10(13)14/h10H,5-9,14H2,1-4H3. The van der Waals surface area contributed by atoms with Crippen molar-refractivity contribution in [2.75, 3.05) is 5.75 Å². The van der Waals surface area contributed by atoms with Gasteiger partial charge in [0.05, 0.1) is 10.5 Å². The molecule has 2 unspecified atom stereocenters. The van der Waals surface area contributed by atoms with Crippen LogP contribution in [0.25, 0.3) is 0 Å². The lowest BCUT2D eigenvalue weighted by Crippen LogP contribution is -2.42. The summed E-state index contributed by atoms with van der Waals surface area (Å²) in [5.74, 6) is -0.0715. The Kier molecular flexibility index (Phi) is 4.28. The van der Waals surface area contributed by atoms with E-state index in [9.17, 15) is 13.2 Å². The maximum Gasteiger partial charge on any atom is 0.155 e. The van der Waals surface area contributed by atoms with E-state index in [1.54, 1.807) is 20.8 Å². The van der Waals surface area contributed by atoms with Crippen LogP contribution in [0.3, 0.4) is 0 Å². The van der Waals surface area contributed by atoms with E-state index in [0.717, 1.165) is 19.3 Å². The molecule has 0 aliphatic heterocycles. The highest BCUT2D eigenvalue weighted by Gasteiger charge is 2.43. The topological polar surface area (TPSA) is 77.2 Å². The largest absolute Gasteiger partial charge is 0.327 e. The number of rotatable bonds is 4. The summed E-state index contributed by atoms with van der Waals surface area (Å²) in [6, 6.07) is -0.123. The second-order valence-electron chi connectivity index (χ2n) is 6.52. The van der Waals surface area contributed by atoms with Gasteiger partial charge in [0.1, 0.15) is 5.78 Å². The molecule has 0 bridgehead atoms. The normalized spacial score (nSPS) is 29.5. The molecule has 1 rings (SSSR count). The summed E-state index contributed by atoms with van der Waals surface area (Å²) < 4.78 is 23.1. The van der Waals surface area contributed by atoms with Crippen molar-refractivity contribution in [2.24, 2.45) is 11.1 Å². The van der Waals surface area contributed by atoms with Crippen LogP contribution in [-0.4, -0.2) is 30.7 Å². The van der Waals surface area contributed by atoms with Crippen LogP contribution in [0.5, 0.6) is 0 Å². The highest BCUT2D eigenvalue weighted by atomic mass is 32.2. The fourth-order valence-corrected chi connectivity index (χ4v) is 3.42. The first-order valence-electron chi connectivity index (χ1n) is 6.52. The van der Waals surface area contributed by atoms with Crippen LogP contribution < -0.4 is 5.73 Å². The molecule has 5 heteroatoms. The molecule has 1 aliphatic rings. The van der Waals surface area contributed by atoms with Gasteiger partial charge in [0.15, 0.2) is 9.84 Å². The summed E-state index contributed by atoms with van der Waals surface area (Å²) in [6.07, 6.45) is 2.68. The Morgan fingerprint density at radius 1 is 1.39 bits per heavy atom. The van der Waals surface area contributed by atoms with Gasteiger partial charge >= 0.3 is 0 Å². The number of Topliss-reactive ketones (excluding diaryl/α,β-unsaturated/α-hetero) is 1. The van der Waals surface area contributed by atoms with Crippen LogP contribution in [0.1, 0.15) is 53.4 Å². The van der Waals surface area contributed by atoms with Crippen LogP contribution in [0.2, 0.25) is 0 Å². The van der Waals surface area contributed by atoms with Gasteiger partial charge in [0.25, 0.3) is 0 Å². The Hall–Kier alpha value is -0.420. The van der Waals surface area contributed by atoms with Gasteiger partial charge in [-0.2, -0.15) is 0 Å². The lowest BCUT2D eigenvalue weighted by molar-refractivity contribution is -0.127. The Bertz CT molecular complexity index is 422. The van der Waals surface area contributed by atoms with Gasteiger partial charge in [-0.1, -0.05) is 13.3 Å². The van der Waals surface area contributed by atoms with Crippen molar-refractivity contribution in [3.63, 3.8) is 0 Å². The van der Waals surface area contributed by atoms with Gasteiger partial charge in [-0.3, -0.25) is 4.79 Å². The average Bonchev–Trinajstić information content (AvgIpc) is 2.55. The third-order valence-electron chi connectivity index (χ3n) is 4.20. The summed E-state index contributed by atoms with van der Waals surface area (Å²) >= 11 is 0. The van der Waals surface area contributed by atoms with Gasteiger partial charge in [-0.25, -0.2) is 8.42 Å². The maximum atomic E-state index is 12.2. The molecule has 0 aromatic heterocycles. The number of carbonyl (C=O) groups is 1. The molecule has 0 aromatic rings. The molecule has 106 valence electrons. The summed E-state index contributed by atoms with van der Waals surface area (Å²) in [5, 5.41) is 0. The summed E-state index contributed by atoms with van der Waals surface area (Å²) in [7, 11) is -3.23. The van der Waals surface area contributed by atoms with Gasteiger partial charge in [-0.15, -0.1) is 0 Å². The zero-order chi connectivity index (χ0) is 14.2. The summed E-state index contributed by atoms with van der Waals surface area (Å²) in [5.41, 5.74) is 5.45. The zero-order valence-electron chi connectivity index (χ0n) is 11.8. The van der Waals surface area contributed by atoms with Crippen molar-refractivity contribution < 1.29 is 13.2 Å². The first-order chi connectivity index (χ1) is 8.01. The third kappa shape index (κ3) is 2.94. The quantitative estimate of drug-likeness (QED) is 0.846. The molecule has 2 N–H and O–H groups in total. The van der Waals surface area contributed by atoms with Crippen molar-refractivity contribution >= 4 is 15.6 Å². The minimum Gasteiger partial charge on any atom is -0.327 e. The molecular formula is C13H25NO3S. The van der Waals surface area contributed by atoms with Crippen molar-refractivity contribution in [1.29, 1.82) is 0 Å². The highest BCUT2D eigenvalue weighted by Crippen LogP contribution is 2.38. The van der Waals surface area contributed by atoms with Crippen LogP contribution in [0.4, 0.5) is 0 Å². The van der Waals surface area contributed by atoms with E-state index in [4.69, 9.17) is 5.73 Å². The van der Waals surface area contributed by atoms with Crippen molar-refractivity contribution in [1.82, 2.24) is 0 Å². The van der Waals surface area contributed by atoms with Crippen LogP contribution in [0, 0.1) is 5.41 Å². The van der Waals surface area contributed by atoms with Crippen molar-refractivity contribution in [3.8, 4) is 0 Å². The minimum absolute atomic E-state index is 0.000301. The molecule has 1 fully saturated rings. The van der Waals surface area contributed by atoms with Gasteiger partial charge in [0.2, 0.25) is 0 Å². The smallest absolute Gasteiger partial charge is 0.155 e. The molecule has 0 amide bonds. The number of nitrogens with two attached hydrogens (primary N) is 1. The first-order valence-corrected chi connectivity index (χ1v) is 8.17. The second-order valence-corrected chi connectivity index (χ2v) is 9.38. The molecular weight excluding hydrogens is 250 g/mol. The summed E-state index contributed by atoms with van der Waals surface area (Å²) in [6.45, 7) is 6.86. The van der Waals surface area contributed by atoms with E-state index in [1.165, 1.54) is 0 Å². The highest BCUT2D eigenvalue weighted by molar-refractivity contribution is 7.92. The zero-order valence-corrected chi connectivity index (χ0v) is 12.6. The number of ketones is 1. The van der Waals surface area contributed by atoms with E-state index in [2.05, 4.69) is 0 Å². The lowest BCUT2D eigenvalue weighted by atomic mass is 9.80. The Labute approximate surface area is 110 Å². The van der Waals surface area contributed by atoms with Gasteiger partial charge in [-0.05, 0) is 33.6 Å². The molecule has 0 radical (unpaired) electrons. The third-order valence-corrected chi connectivity index (χ3v) is 6.81. The SMILES string of the molecule is CC1(C(=O)CCS(=O)(=O)C(C)(C)C)CCCC1N. The second kappa shape index (κ2) is 4.93. The van der Waals surface area contributed by atoms with Gasteiger partial charge < -0.3 is 5.73 Å². The molecule has 18 heavy (non-hydrogen) atoms. The molecule has 4 nitrogen and oxygen atoms in total. The Morgan fingerprint density at radius 3 is 2.33 bits per heavy atom. The van der Waals surface area contributed by atoms with Crippen molar-refractivity contribution in [2.45, 2.75) is 64.2 Å². The van der Waals surface area contributed by atoms with E-state index in [0.29, 0.717) is 0 Å². The maximum absolute atomic E-state index is 12.2. The molecule has 2 atom stereocenters. The molecule has 0 aromatic carbocycles. The molecule has 0 spiro atoms. The number of carbonyl (C=O) groups excluding carboxylic acids is 1. The Morgan fingerprint density at radius 2 is 1.94 bits per heavy atom. The number of hydrogen-bond acceptors (Lipinski definition) is 4. The average molecular weight is 275 g/mol. The van der Waals surface area contributed by atoms with Gasteiger partial charge in [0, 0.05) is 17.9 Å². The Balaban J connectivity index is 2.68. The monoisotopic (exact) mass is 275 g/mol. The predicted molar refractivity (Wildman–Crippen MR) is 73.1 cm³/mol. The molecule has 0 heterocycles. The summed E-state index contributed by atoms with van der Waals surface area (Å²) in [4.78, 5) is 12.2. The van der Waals surface area contributed by atoms with Crippen LogP contribution in [-0.2, 0) is 14.6 Å². The first kappa shape index (κ1) is 15.6. The molecule has 0 saturated heterocycles.